The third-order valence-electron chi connectivity index (χ3n) is 6.94. The van der Waals surface area contributed by atoms with Crippen LogP contribution in [-0.2, 0) is 22.4 Å². The standard InChI is InChI=1S/C32H37ClN2O4/c1-32(2,3)39-31(37)34-21-23-5-14-29(24-6-10-27(33)11-7-24)26(20-23)19-22-15-17-35(18-16-22)28-12-8-25(9-13-28)30(36)38-4/h5-14,20,22H,15-19,21H2,1-4H3,(H,34,37). The van der Waals surface area contributed by atoms with E-state index in [4.69, 9.17) is 21.1 Å². The Bertz CT molecular complexity index is 1280. The summed E-state index contributed by atoms with van der Waals surface area (Å²) < 4.78 is 10.2. The lowest BCUT2D eigenvalue weighted by Crippen LogP contribution is -2.34. The molecule has 1 N–H and O–H groups in total. The summed E-state index contributed by atoms with van der Waals surface area (Å²) in [5, 5.41) is 3.59. The monoisotopic (exact) mass is 548 g/mol. The van der Waals surface area contributed by atoms with Gasteiger partial charge in [-0.05, 0) is 105 Å². The molecule has 0 aliphatic carbocycles. The van der Waals surface area contributed by atoms with Crippen molar-refractivity contribution in [3.8, 4) is 11.1 Å². The van der Waals surface area contributed by atoms with Crippen molar-refractivity contribution >= 4 is 29.4 Å². The van der Waals surface area contributed by atoms with Gasteiger partial charge < -0.3 is 19.7 Å². The first-order valence-electron chi connectivity index (χ1n) is 13.4. The number of amides is 1. The zero-order valence-electron chi connectivity index (χ0n) is 23.1. The van der Waals surface area contributed by atoms with Gasteiger partial charge in [0.05, 0.1) is 12.7 Å². The molecule has 0 spiro atoms. The predicted octanol–water partition coefficient (Wildman–Crippen LogP) is 7.28. The second kappa shape index (κ2) is 12.6. The van der Waals surface area contributed by atoms with Crippen molar-refractivity contribution in [3.63, 3.8) is 0 Å². The summed E-state index contributed by atoms with van der Waals surface area (Å²) in [6.45, 7) is 7.89. The largest absolute Gasteiger partial charge is 0.465 e. The number of esters is 1. The van der Waals surface area contributed by atoms with E-state index < -0.39 is 11.7 Å². The lowest BCUT2D eigenvalue weighted by atomic mass is 9.86. The van der Waals surface area contributed by atoms with Gasteiger partial charge in [0.2, 0.25) is 0 Å². The Hall–Kier alpha value is -3.51. The van der Waals surface area contributed by atoms with Crippen LogP contribution in [0.5, 0.6) is 0 Å². The molecule has 0 saturated carbocycles. The molecular formula is C32H37ClN2O4. The fourth-order valence-electron chi connectivity index (χ4n) is 4.96. The van der Waals surface area contributed by atoms with Gasteiger partial charge in [0, 0.05) is 30.3 Å². The number of hydrogen-bond donors (Lipinski definition) is 1. The smallest absolute Gasteiger partial charge is 0.407 e. The van der Waals surface area contributed by atoms with E-state index in [1.54, 1.807) is 0 Å². The molecule has 6 nitrogen and oxygen atoms in total. The molecule has 0 aromatic heterocycles. The first-order valence-corrected chi connectivity index (χ1v) is 13.8. The van der Waals surface area contributed by atoms with E-state index in [1.165, 1.54) is 18.2 Å². The number of halogens is 1. The lowest BCUT2D eigenvalue weighted by Gasteiger charge is -2.34. The quantitative estimate of drug-likeness (QED) is 0.314. The van der Waals surface area contributed by atoms with Crippen molar-refractivity contribution in [3.05, 3.63) is 88.4 Å². The van der Waals surface area contributed by atoms with Crippen LogP contribution in [0.3, 0.4) is 0 Å². The van der Waals surface area contributed by atoms with Crippen molar-refractivity contribution < 1.29 is 19.1 Å². The third-order valence-corrected chi connectivity index (χ3v) is 7.19. The summed E-state index contributed by atoms with van der Waals surface area (Å²) in [6, 6.07) is 22.0. The summed E-state index contributed by atoms with van der Waals surface area (Å²) in [4.78, 5) is 26.3. The first kappa shape index (κ1) is 28.5. The minimum atomic E-state index is -0.536. The number of hydrogen-bond acceptors (Lipinski definition) is 5. The van der Waals surface area contributed by atoms with Gasteiger partial charge in [-0.15, -0.1) is 0 Å². The number of piperidine rings is 1. The molecule has 3 aromatic rings. The van der Waals surface area contributed by atoms with Crippen molar-refractivity contribution in [1.82, 2.24) is 5.32 Å². The molecule has 1 heterocycles. The minimum Gasteiger partial charge on any atom is -0.465 e. The van der Waals surface area contributed by atoms with Crippen LogP contribution in [0.25, 0.3) is 11.1 Å². The molecule has 1 aliphatic heterocycles. The number of carbonyl (C=O) groups excluding carboxylic acids is 2. The highest BCUT2D eigenvalue weighted by Crippen LogP contribution is 2.32. The summed E-state index contributed by atoms with van der Waals surface area (Å²) in [5.41, 5.74) is 5.77. The van der Waals surface area contributed by atoms with Gasteiger partial charge >= 0.3 is 12.1 Å². The molecule has 1 aliphatic rings. The van der Waals surface area contributed by atoms with Crippen LogP contribution in [0.1, 0.15) is 55.1 Å². The normalized spacial score (nSPS) is 14.1. The Morgan fingerprint density at radius 3 is 2.26 bits per heavy atom. The molecule has 0 atom stereocenters. The highest BCUT2D eigenvalue weighted by atomic mass is 35.5. The number of nitrogens with zero attached hydrogens (tertiary/aromatic N) is 1. The van der Waals surface area contributed by atoms with Crippen LogP contribution in [0.4, 0.5) is 10.5 Å². The van der Waals surface area contributed by atoms with Crippen molar-refractivity contribution in [2.45, 2.75) is 52.2 Å². The van der Waals surface area contributed by atoms with E-state index in [9.17, 15) is 9.59 Å². The van der Waals surface area contributed by atoms with Crippen LogP contribution >= 0.6 is 11.6 Å². The number of ether oxygens (including phenoxy) is 2. The molecule has 7 heteroatoms. The Balaban J connectivity index is 1.45. The summed E-state index contributed by atoms with van der Waals surface area (Å²) in [6.07, 6.45) is 2.67. The summed E-state index contributed by atoms with van der Waals surface area (Å²) >= 11 is 6.15. The minimum absolute atomic E-state index is 0.319. The second-order valence-electron chi connectivity index (χ2n) is 11.0. The number of methoxy groups -OCH3 is 1. The maximum absolute atomic E-state index is 12.2. The molecule has 1 saturated heterocycles. The maximum Gasteiger partial charge on any atom is 0.407 e. The number of nitrogens with one attached hydrogen (secondary N) is 1. The van der Waals surface area contributed by atoms with Crippen LogP contribution < -0.4 is 10.2 Å². The van der Waals surface area contributed by atoms with E-state index in [2.05, 4.69) is 40.5 Å². The van der Waals surface area contributed by atoms with Gasteiger partial charge in [-0.3, -0.25) is 0 Å². The highest BCUT2D eigenvalue weighted by molar-refractivity contribution is 6.30. The molecule has 206 valence electrons. The topological polar surface area (TPSA) is 67.9 Å². The van der Waals surface area contributed by atoms with E-state index >= 15 is 0 Å². The van der Waals surface area contributed by atoms with Gasteiger partial charge in [-0.25, -0.2) is 9.59 Å². The van der Waals surface area contributed by atoms with E-state index in [-0.39, 0.29) is 5.97 Å². The Morgan fingerprint density at radius 2 is 1.64 bits per heavy atom. The van der Waals surface area contributed by atoms with Gasteiger partial charge in [0.15, 0.2) is 0 Å². The third kappa shape index (κ3) is 7.99. The average Bonchev–Trinajstić information content (AvgIpc) is 2.92. The summed E-state index contributed by atoms with van der Waals surface area (Å²) in [5.74, 6) is 0.219. The molecule has 4 rings (SSSR count). The van der Waals surface area contributed by atoms with Crippen LogP contribution in [0, 0.1) is 5.92 Å². The van der Waals surface area contributed by atoms with Crippen molar-refractivity contribution in [2.75, 3.05) is 25.1 Å². The highest BCUT2D eigenvalue weighted by Gasteiger charge is 2.22. The van der Waals surface area contributed by atoms with Crippen molar-refractivity contribution in [1.29, 1.82) is 0 Å². The molecule has 1 amide bonds. The summed E-state index contributed by atoms with van der Waals surface area (Å²) in [7, 11) is 1.40. The molecule has 3 aromatic carbocycles. The molecule has 1 fully saturated rings. The SMILES string of the molecule is COC(=O)c1ccc(N2CCC(Cc3cc(CNC(=O)OC(C)(C)C)ccc3-c3ccc(Cl)cc3)CC2)cc1. The Morgan fingerprint density at radius 1 is 0.974 bits per heavy atom. The van der Waals surface area contributed by atoms with E-state index in [0.29, 0.717) is 23.0 Å². The fourth-order valence-corrected chi connectivity index (χ4v) is 5.08. The molecule has 0 radical (unpaired) electrons. The average molecular weight is 549 g/mol. The molecule has 0 bridgehead atoms. The number of anilines is 1. The van der Waals surface area contributed by atoms with Crippen LogP contribution in [0.15, 0.2) is 66.7 Å². The zero-order chi connectivity index (χ0) is 28.0. The van der Waals surface area contributed by atoms with Crippen molar-refractivity contribution in [2.24, 2.45) is 5.92 Å². The fraction of sp³-hybridized carbons (Fsp3) is 0.375. The molecule has 0 unspecified atom stereocenters. The zero-order valence-corrected chi connectivity index (χ0v) is 23.9. The number of rotatable bonds is 7. The number of carbonyl (C=O) groups is 2. The van der Waals surface area contributed by atoms with E-state index in [0.717, 1.165) is 49.2 Å². The maximum atomic E-state index is 12.2. The van der Waals surface area contributed by atoms with Crippen LogP contribution in [0.2, 0.25) is 5.02 Å². The number of benzene rings is 3. The number of alkyl carbamates (subject to hydrolysis) is 1. The second-order valence-corrected chi connectivity index (χ2v) is 11.5. The lowest BCUT2D eigenvalue weighted by molar-refractivity contribution is 0.0522. The molecule has 39 heavy (non-hydrogen) atoms. The van der Waals surface area contributed by atoms with Gasteiger partial charge in [-0.1, -0.05) is 41.9 Å². The van der Waals surface area contributed by atoms with Gasteiger partial charge in [0.1, 0.15) is 5.60 Å². The van der Waals surface area contributed by atoms with Crippen LogP contribution in [-0.4, -0.2) is 37.9 Å². The first-order chi connectivity index (χ1) is 18.6. The van der Waals surface area contributed by atoms with Gasteiger partial charge in [0.25, 0.3) is 0 Å². The molecular weight excluding hydrogens is 512 g/mol. The predicted molar refractivity (Wildman–Crippen MR) is 156 cm³/mol. The van der Waals surface area contributed by atoms with Gasteiger partial charge in [-0.2, -0.15) is 0 Å². The Labute approximate surface area is 236 Å². The Kier molecular flexibility index (Phi) is 9.18. The van der Waals surface area contributed by atoms with E-state index in [1.807, 2.05) is 57.2 Å².